The fourth-order valence-electron chi connectivity index (χ4n) is 2.23. The first kappa shape index (κ1) is 13.6. The molecule has 5 nitrogen and oxygen atoms in total. The molecule has 0 aliphatic heterocycles. The molecule has 0 saturated carbocycles. The molecule has 0 saturated heterocycles. The van der Waals surface area contributed by atoms with E-state index in [1.807, 2.05) is 0 Å². The highest BCUT2D eigenvalue weighted by Crippen LogP contribution is 2.16. The lowest BCUT2D eigenvalue weighted by molar-refractivity contribution is -0.136. The molecule has 0 bridgehead atoms. The number of aromatic nitrogens is 2. The Morgan fingerprint density at radius 2 is 2.10 bits per heavy atom. The molecule has 1 aromatic carbocycles. The van der Waals surface area contributed by atoms with Crippen molar-refractivity contribution < 1.29 is 9.90 Å². The third-order valence-electron chi connectivity index (χ3n) is 3.27. The Morgan fingerprint density at radius 3 is 2.86 bits per heavy atom. The number of rotatable bonds is 3. The van der Waals surface area contributed by atoms with E-state index in [0.29, 0.717) is 28.0 Å². The van der Waals surface area contributed by atoms with Crippen molar-refractivity contribution in [1.29, 1.82) is 0 Å². The summed E-state index contributed by atoms with van der Waals surface area (Å²) in [5, 5.41) is 9.66. The molecule has 0 spiro atoms. The van der Waals surface area contributed by atoms with Crippen LogP contribution in [0.4, 0.5) is 0 Å². The number of benzene rings is 1. The number of pyridine rings is 1. The third kappa shape index (κ3) is 2.60. The van der Waals surface area contributed by atoms with Crippen LogP contribution < -0.4 is 5.56 Å². The van der Waals surface area contributed by atoms with E-state index in [0.717, 1.165) is 5.56 Å². The summed E-state index contributed by atoms with van der Waals surface area (Å²) in [6.07, 6.45) is 2.06. The zero-order valence-electron chi connectivity index (χ0n) is 10.9. The van der Waals surface area contributed by atoms with E-state index in [9.17, 15) is 9.59 Å². The van der Waals surface area contributed by atoms with Crippen LogP contribution in [0.1, 0.15) is 12.0 Å². The molecule has 0 radical (unpaired) electrons. The van der Waals surface area contributed by atoms with E-state index in [1.54, 1.807) is 36.5 Å². The summed E-state index contributed by atoms with van der Waals surface area (Å²) in [5.74, 6) is -0.853. The first-order valence-electron chi connectivity index (χ1n) is 6.37. The smallest absolute Gasteiger partial charge is 0.303 e. The minimum Gasteiger partial charge on any atom is -0.481 e. The first-order chi connectivity index (χ1) is 10.0. The molecule has 21 heavy (non-hydrogen) atoms. The highest BCUT2D eigenvalue weighted by molar-refractivity contribution is 6.31. The van der Waals surface area contributed by atoms with Gasteiger partial charge in [-0.15, -0.1) is 0 Å². The highest BCUT2D eigenvalue weighted by atomic mass is 35.5. The Morgan fingerprint density at radius 1 is 1.29 bits per heavy atom. The molecule has 0 unspecified atom stereocenters. The number of carboxylic acid groups (broad SMARTS) is 1. The Hall–Kier alpha value is -2.40. The average molecular weight is 303 g/mol. The number of fused-ring (bicyclic) bond motifs is 2. The summed E-state index contributed by atoms with van der Waals surface area (Å²) in [6.45, 7) is 0. The van der Waals surface area contributed by atoms with Crippen LogP contribution in [0.3, 0.4) is 0 Å². The maximum atomic E-state index is 12.4. The van der Waals surface area contributed by atoms with Gasteiger partial charge in [-0.05, 0) is 42.3 Å². The Labute approximate surface area is 124 Å². The largest absolute Gasteiger partial charge is 0.481 e. The highest BCUT2D eigenvalue weighted by Gasteiger charge is 2.07. The van der Waals surface area contributed by atoms with Crippen molar-refractivity contribution in [3.63, 3.8) is 0 Å². The van der Waals surface area contributed by atoms with Gasteiger partial charge in [-0.3, -0.25) is 14.0 Å². The number of aryl methyl sites for hydroxylation is 1. The summed E-state index contributed by atoms with van der Waals surface area (Å²) >= 11 is 5.91. The predicted molar refractivity (Wildman–Crippen MR) is 79.9 cm³/mol. The number of carbonyl (C=O) groups is 1. The summed E-state index contributed by atoms with van der Waals surface area (Å²) in [4.78, 5) is 27.4. The second kappa shape index (κ2) is 5.18. The zero-order valence-corrected chi connectivity index (χ0v) is 11.7. The molecule has 2 heterocycles. The minimum absolute atomic E-state index is 0.0452. The number of hydrogen-bond acceptors (Lipinski definition) is 3. The van der Waals surface area contributed by atoms with Crippen molar-refractivity contribution in [3.05, 3.63) is 57.5 Å². The molecule has 0 aliphatic carbocycles. The number of aliphatic carboxylic acids is 1. The molecule has 106 valence electrons. The van der Waals surface area contributed by atoms with Crippen molar-refractivity contribution >= 4 is 34.1 Å². The molecule has 1 N–H and O–H groups in total. The fourth-order valence-corrected chi connectivity index (χ4v) is 2.40. The quantitative estimate of drug-likeness (QED) is 0.755. The summed E-state index contributed by atoms with van der Waals surface area (Å²) in [7, 11) is 0. The van der Waals surface area contributed by atoms with E-state index >= 15 is 0 Å². The van der Waals surface area contributed by atoms with Gasteiger partial charge >= 0.3 is 5.97 Å². The van der Waals surface area contributed by atoms with Gasteiger partial charge in [0.1, 0.15) is 5.65 Å². The second-order valence-corrected chi connectivity index (χ2v) is 5.17. The van der Waals surface area contributed by atoms with Crippen LogP contribution in [0.2, 0.25) is 5.02 Å². The molecule has 3 aromatic rings. The summed E-state index contributed by atoms with van der Waals surface area (Å²) in [5.41, 5.74) is 1.71. The van der Waals surface area contributed by atoms with Gasteiger partial charge < -0.3 is 5.11 Å². The average Bonchev–Trinajstić information content (AvgIpc) is 2.46. The van der Waals surface area contributed by atoms with Crippen molar-refractivity contribution in [3.8, 4) is 0 Å². The van der Waals surface area contributed by atoms with E-state index in [2.05, 4.69) is 4.98 Å². The molecule has 6 heteroatoms. The lowest BCUT2D eigenvalue weighted by atomic mass is 10.1. The second-order valence-electron chi connectivity index (χ2n) is 4.74. The van der Waals surface area contributed by atoms with Crippen LogP contribution in [0, 0.1) is 0 Å². The lowest BCUT2D eigenvalue weighted by Crippen LogP contribution is -2.15. The molecular formula is C15H11ClN2O3. The Bertz CT molecular complexity index is 918. The van der Waals surface area contributed by atoms with E-state index in [-0.39, 0.29) is 12.0 Å². The van der Waals surface area contributed by atoms with Gasteiger partial charge in [-0.2, -0.15) is 0 Å². The van der Waals surface area contributed by atoms with Crippen LogP contribution in [0.15, 0.2) is 41.3 Å². The van der Waals surface area contributed by atoms with E-state index < -0.39 is 5.97 Å². The van der Waals surface area contributed by atoms with Crippen molar-refractivity contribution in [2.75, 3.05) is 0 Å². The fraction of sp³-hybridized carbons (Fsp3) is 0.133. The molecule has 3 rings (SSSR count). The van der Waals surface area contributed by atoms with Gasteiger partial charge in [-0.1, -0.05) is 11.6 Å². The van der Waals surface area contributed by atoms with E-state index in [4.69, 9.17) is 16.7 Å². The van der Waals surface area contributed by atoms with Crippen molar-refractivity contribution in [2.45, 2.75) is 12.8 Å². The van der Waals surface area contributed by atoms with Crippen LogP contribution in [-0.2, 0) is 11.2 Å². The third-order valence-corrected chi connectivity index (χ3v) is 3.50. The minimum atomic E-state index is -0.853. The number of carboxylic acids is 1. The topological polar surface area (TPSA) is 71.7 Å². The van der Waals surface area contributed by atoms with Gasteiger partial charge in [0.2, 0.25) is 0 Å². The maximum Gasteiger partial charge on any atom is 0.303 e. The Kier molecular flexibility index (Phi) is 3.35. The van der Waals surface area contributed by atoms with Crippen LogP contribution in [0.5, 0.6) is 0 Å². The van der Waals surface area contributed by atoms with Gasteiger partial charge in [0.15, 0.2) is 0 Å². The molecule has 0 atom stereocenters. The first-order valence-corrected chi connectivity index (χ1v) is 6.75. The normalized spacial score (nSPS) is 11.1. The molecule has 2 aromatic heterocycles. The van der Waals surface area contributed by atoms with Crippen molar-refractivity contribution in [2.24, 2.45) is 0 Å². The summed E-state index contributed by atoms with van der Waals surface area (Å²) < 4.78 is 1.43. The van der Waals surface area contributed by atoms with Gasteiger partial charge in [-0.25, -0.2) is 4.98 Å². The van der Waals surface area contributed by atoms with Crippen LogP contribution in [0.25, 0.3) is 16.6 Å². The maximum absolute atomic E-state index is 12.4. The zero-order chi connectivity index (χ0) is 15.0. The lowest BCUT2D eigenvalue weighted by Gasteiger charge is -2.06. The molecular weight excluding hydrogens is 292 g/mol. The molecule has 0 aliphatic rings. The molecule has 0 fully saturated rings. The van der Waals surface area contributed by atoms with Gasteiger partial charge in [0, 0.05) is 17.6 Å². The van der Waals surface area contributed by atoms with E-state index in [1.165, 1.54) is 4.40 Å². The summed E-state index contributed by atoms with van der Waals surface area (Å²) in [6, 6.07) is 8.44. The van der Waals surface area contributed by atoms with Crippen molar-refractivity contribution in [1.82, 2.24) is 9.38 Å². The number of halogens is 1. The number of nitrogens with zero attached hydrogens (tertiary/aromatic N) is 2. The van der Waals surface area contributed by atoms with Crippen LogP contribution >= 0.6 is 11.6 Å². The predicted octanol–water partition coefficient (Wildman–Crippen LogP) is 2.52. The van der Waals surface area contributed by atoms with Crippen LogP contribution in [-0.4, -0.2) is 20.5 Å². The monoisotopic (exact) mass is 302 g/mol. The van der Waals surface area contributed by atoms with Gasteiger partial charge in [0.05, 0.1) is 10.9 Å². The Balaban J connectivity index is 2.18. The van der Waals surface area contributed by atoms with Gasteiger partial charge in [0.25, 0.3) is 5.56 Å². The standard InChI is InChI=1S/C15H11ClN2O3/c16-10-2-3-12-11(8-10)15(21)18-6-5-9(1-4-14(19)20)7-13(18)17-12/h2-3,5-8H,1,4H2,(H,19,20). The number of hydrogen-bond donors (Lipinski definition) is 1. The SMILES string of the molecule is O=C(O)CCc1ccn2c(=O)c3cc(Cl)ccc3nc2c1. The molecule has 0 amide bonds.